The minimum atomic E-state index is -0.298. The lowest BCUT2D eigenvalue weighted by atomic mass is 9.86. The average molecular weight is 499 g/mol. The molecule has 2 aromatic carbocycles. The maximum atomic E-state index is 13.3. The van der Waals surface area contributed by atoms with Gasteiger partial charge in [0.1, 0.15) is 5.82 Å². The molecule has 0 radical (unpaired) electrons. The summed E-state index contributed by atoms with van der Waals surface area (Å²) in [5, 5.41) is 8.34. The molecule has 0 spiro atoms. The summed E-state index contributed by atoms with van der Waals surface area (Å²) < 4.78 is 1.69. The Labute approximate surface area is 216 Å². The summed E-state index contributed by atoms with van der Waals surface area (Å²) in [6, 6.07) is 14.2. The number of hydrogen-bond donors (Lipinski definition) is 1. The third-order valence-electron chi connectivity index (χ3n) is 7.31. The summed E-state index contributed by atoms with van der Waals surface area (Å²) in [5.74, 6) is 0.533. The van der Waals surface area contributed by atoms with Gasteiger partial charge in [-0.1, -0.05) is 61.9 Å². The van der Waals surface area contributed by atoms with E-state index in [2.05, 4.69) is 68.1 Å². The Hall–Kier alpha value is -3.81. The van der Waals surface area contributed by atoms with Crippen molar-refractivity contribution in [2.45, 2.75) is 65.3 Å². The van der Waals surface area contributed by atoms with E-state index in [-0.39, 0.29) is 28.3 Å². The minimum absolute atomic E-state index is 0.00946. The fraction of sp³-hybridized carbons (Fsp3) is 0.414. The molecule has 0 aliphatic carbocycles. The van der Waals surface area contributed by atoms with Crippen LogP contribution in [0.25, 0.3) is 11.2 Å². The van der Waals surface area contributed by atoms with E-state index in [1.165, 1.54) is 5.56 Å². The molecule has 8 nitrogen and oxygen atoms in total. The van der Waals surface area contributed by atoms with Gasteiger partial charge in [-0.2, -0.15) is 0 Å². The predicted octanol–water partition coefficient (Wildman–Crippen LogP) is 4.50. The van der Waals surface area contributed by atoms with Crippen LogP contribution in [0.1, 0.15) is 78.0 Å². The van der Waals surface area contributed by atoms with Crippen LogP contribution in [0.15, 0.2) is 47.3 Å². The van der Waals surface area contributed by atoms with Crippen molar-refractivity contribution in [3.8, 4) is 0 Å². The SMILES string of the molecule is Cc1ccc(C)c(Cn2nnc3c(=O)[nH]c([C@@H]4CCCN(C(=O)c5ccc(C(C)(C)C)cc5)C4)nc32)c1. The Morgan fingerprint density at radius 1 is 1.11 bits per heavy atom. The minimum Gasteiger partial charge on any atom is -0.338 e. The van der Waals surface area contributed by atoms with Crippen molar-refractivity contribution < 1.29 is 4.79 Å². The molecule has 1 amide bonds. The van der Waals surface area contributed by atoms with Gasteiger partial charge in [-0.15, -0.1) is 5.10 Å². The summed E-state index contributed by atoms with van der Waals surface area (Å²) in [5.41, 5.74) is 5.75. The standard InChI is InChI=1S/C29H34N6O2/c1-18-8-9-19(2)22(15-18)17-35-26-24(32-33-35)27(36)31-25(30-26)21-7-6-14-34(16-21)28(37)20-10-12-23(13-11-20)29(3,4)5/h8-13,15,21H,6-7,14,16-17H2,1-5H3,(H,30,31,36)/t21-/m1/s1. The van der Waals surface area contributed by atoms with Crippen molar-refractivity contribution in [3.63, 3.8) is 0 Å². The fourth-order valence-corrected chi connectivity index (χ4v) is 5.00. The largest absolute Gasteiger partial charge is 0.338 e. The van der Waals surface area contributed by atoms with Crippen molar-refractivity contribution in [2.24, 2.45) is 0 Å². The number of fused-ring (bicyclic) bond motifs is 1. The third-order valence-corrected chi connectivity index (χ3v) is 7.31. The second-order valence-electron chi connectivity index (χ2n) is 11.2. The molecule has 8 heteroatoms. The Balaban J connectivity index is 1.40. The maximum absolute atomic E-state index is 13.3. The van der Waals surface area contributed by atoms with E-state index >= 15 is 0 Å². The highest BCUT2D eigenvalue weighted by Crippen LogP contribution is 2.27. The second kappa shape index (κ2) is 9.57. The lowest BCUT2D eigenvalue weighted by molar-refractivity contribution is 0.0704. The first-order valence-corrected chi connectivity index (χ1v) is 12.9. The van der Waals surface area contributed by atoms with Gasteiger partial charge in [0.2, 0.25) is 0 Å². The fourth-order valence-electron chi connectivity index (χ4n) is 5.00. The maximum Gasteiger partial charge on any atom is 0.281 e. The van der Waals surface area contributed by atoms with Gasteiger partial charge >= 0.3 is 0 Å². The van der Waals surface area contributed by atoms with E-state index in [1.54, 1.807) is 4.68 Å². The number of carbonyl (C=O) groups excluding carboxylic acids is 1. The topological polar surface area (TPSA) is 96.8 Å². The molecule has 2 aromatic heterocycles. The number of piperidine rings is 1. The predicted molar refractivity (Wildman–Crippen MR) is 144 cm³/mol. The molecule has 3 heterocycles. The first-order chi connectivity index (χ1) is 17.6. The van der Waals surface area contributed by atoms with Crippen LogP contribution in [0.4, 0.5) is 0 Å². The van der Waals surface area contributed by atoms with E-state index in [9.17, 15) is 9.59 Å². The summed E-state index contributed by atoms with van der Waals surface area (Å²) in [6.07, 6.45) is 1.69. The Bertz CT molecular complexity index is 1510. The van der Waals surface area contributed by atoms with Crippen molar-refractivity contribution >= 4 is 17.1 Å². The van der Waals surface area contributed by atoms with Gasteiger partial charge in [-0.3, -0.25) is 9.59 Å². The number of rotatable bonds is 4. The number of nitrogens with zero attached hydrogens (tertiary/aromatic N) is 5. The van der Waals surface area contributed by atoms with Crippen molar-refractivity contribution in [1.29, 1.82) is 0 Å². The highest BCUT2D eigenvalue weighted by atomic mass is 16.2. The summed E-state index contributed by atoms with van der Waals surface area (Å²) in [7, 11) is 0. The number of likely N-dealkylation sites (tertiary alicyclic amines) is 1. The van der Waals surface area contributed by atoms with Gasteiger partial charge < -0.3 is 9.88 Å². The zero-order chi connectivity index (χ0) is 26.3. The molecule has 4 aromatic rings. The Kier molecular flexibility index (Phi) is 6.43. The molecule has 0 unspecified atom stereocenters. The summed E-state index contributed by atoms with van der Waals surface area (Å²) in [6.45, 7) is 12.3. The number of carbonyl (C=O) groups is 1. The molecule has 5 rings (SSSR count). The van der Waals surface area contributed by atoms with E-state index in [4.69, 9.17) is 4.98 Å². The molecule has 1 fully saturated rings. The third kappa shape index (κ3) is 5.05. The smallest absolute Gasteiger partial charge is 0.281 e. The second-order valence-corrected chi connectivity index (χ2v) is 11.2. The van der Waals surface area contributed by atoms with Gasteiger partial charge in [-0.25, -0.2) is 9.67 Å². The molecule has 1 saturated heterocycles. The van der Waals surface area contributed by atoms with Crippen LogP contribution in [0, 0.1) is 13.8 Å². The van der Waals surface area contributed by atoms with Crippen LogP contribution >= 0.6 is 0 Å². The normalized spacial score (nSPS) is 16.4. The summed E-state index contributed by atoms with van der Waals surface area (Å²) in [4.78, 5) is 35.8. The van der Waals surface area contributed by atoms with Gasteiger partial charge in [0, 0.05) is 24.6 Å². The van der Waals surface area contributed by atoms with Gasteiger partial charge in [0.25, 0.3) is 11.5 Å². The van der Waals surface area contributed by atoms with Crippen LogP contribution < -0.4 is 5.56 Å². The molecule has 1 N–H and O–H groups in total. The zero-order valence-electron chi connectivity index (χ0n) is 22.2. The highest BCUT2D eigenvalue weighted by Gasteiger charge is 2.28. The Morgan fingerprint density at radius 3 is 2.59 bits per heavy atom. The lowest BCUT2D eigenvalue weighted by Crippen LogP contribution is -2.40. The van der Waals surface area contributed by atoms with Crippen molar-refractivity contribution in [2.75, 3.05) is 13.1 Å². The molecular formula is C29H34N6O2. The van der Waals surface area contributed by atoms with Crippen molar-refractivity contribution in [3.05, 3.63) is 86.5 Å². The van der Waals surface area contributed by atoms with E-state index < -0.39 is 0 Å². The first kappa shape index (κ1) is 24.9. The molecule has 0 bridgehead atoms. The number of amides is 1. The number of nitrogens with one attached hydrogen (secondary N) is 1. The van der Waals surface area contributed by atoms with Crippen LogP contribution in [0.5, 0.6) is 0 Å². The quantitative estimate of drug-likeness (QED) is 0.447. The molecule has 0 saturated carbocycles. The van der Waals surface area contributed by atoms with Crippen molar-refractivity contribution in [1.82, 2.24) is 29.9 Å². The lowest BCUT2D eigenvalue weighted by Gasteiger charge is -2.32. The number of aromatic amines is 1. The Morgan fingerprint density at radius 2 is 1.86 bits per heavy atom. The van der Waals surface area contributed by atoms with Gasteiger partial charge in [-0.05, 0) is 60.9 Å². The summed E-state index contributed by atoms with van der Waals surface area (Å²) >= 11 is 0. The number of aryl methyl sites for hydroxylation is 2. The first-order valence-electron chi connectivity index (χ1n) is 12.9. The van der Waals surface area contributed by atoms with Crippen LogP contribution in [-0.4, -0.2) is 48.9 Å². The van der Waals surface area contributed by atoms with Gasteiger partial charge in [0.05, 0.1) is 6.54 Å². The molecule has 192 valence electrons. The van der Waals surface area contributed by atoms with Gasteiger partial charge in [0.15, 0.2) is 11.2 Å². The van der Waals surface area contributed by atoms with E-state index in [0.29, 0.717) is 36.7 Å². The number of benzene rings is 2. The molecule has 1 aliphatic heterocycles. The van der Waals surface area contributed by atoms with Crippen LogP contribution in [0.2, 0.25) is 0 Å². The van der Waals surface area contributed by atoms with Crippen LogP contribution in [-0.2, 0) is 12.0 Å². The molecule has 37 heavy (non-hydrogen) atoms. The van der Waals surface area contributed by atoms with E-state index in [1.807, 2.05) is 29.2 Å². The molecule has 1 atom stereocenters. The van der Waals surface area contributed by atoms with E-state index in [0.717, 1.165) is 29.5 Å². The number of hydrogen-bond acceptors (Lipinski definition) is 5. The monoisotopic (exact) mass is 498 g/mol. The zero-order valence-corrected chi connectivity index (χ0v) is 22.2. The highest BCUT2D eigenvalue weighted by molar-refractivity contribution is 5.94. The molecule has 1 aliphatic rings. The molecular weight excluding hydrogens is 464 g/mol. The average Bonchev–Trinajstić information content (AvgIpc) is 3.28. The number of H-pyrrole nitrogens is 1. The number of aromatic nitrogens is 5. The van der Waals surface area contributed by atoms with Crippen LogP contribution in [0.3, 0.4) is 0 Å².